The maximum Gasteiger partial charge on any atom is 0.169 e. The Balaban J connectivity index is 1.72. The number of hydrogen-bond acceptors (Lipinski definition) is 5. The maximum absolute atomic E-state index is 10.6. The van der Waals surface area contributed by atoms with E-state index in [1.807, 2.05) is 35.3 Å². The summed E-state index contributed by atoms with van der Waals surface area (Å²) in [5.41, 5.74) is 4.72. The molecular formula is C19H20N2O3S2. The summed E-state index contributed by atoms with van der Waals surface area (Å²) in [4.78, 5) is 5.65. The second-order valence-electron chi connectivity index (χ2n) is 6.27. The molecule has 0 aliphatic carbocycles. The van der Waals surface area contributed by atoms with Gasteiger partial charge in [0.05, 0.1) is 15.0 Å². The number of aromatic nitrogens is 2. The third-order valence-corrected chi connectivity index (χ3v) is 6.13. The van der Waals surface area contributed by atoms with Gasteiger partial charge in [0.25, 0.3) is 0 Å². The fraction of sp³-hybridized carbons (Fsp3) is 0.263. The largest absolute Gasteiger partial charge is 0.748 e. The van der Waals surface area contributed by atoms with Gasteiger partial charge in [-0.05, 0) is 30.5 Å². The Kier molecular flexibility index (Phi) is 5.50. The molecule has 3 aromatic rings. The molecule has 0 saturated carbocycles. The first-order chi connectivity index (χ1) is 12.3. The first-order valence-corrected chi connectivity index (χ1v) is 10.7. The summed E-state index contributed by atoms with van der Waals surface area (Å²) in [6.45, 7) is 4.70. The van der Waals surface area contributed by atoms with Gasteiger partial charge in [0.2, 0.25) is 0 Å². The van der Waals surface area contributed by atoms with Crippen molar-refractivity contribution in [1.82, 2.24) is 4.98 Å². The van der Waals surface area contributed by atoms with Crippen LogP contribution in [0, 0.1) is 13.8 Å². The summed E-state index contributed by atoms with van der Waals surface area (Å²) >= 11 is 1.64. The van der Waals surface area contributed by atoms with E-state index in [4.69, 9.17) is 0 Å². The van der Waals surface area contributed by atoms with Crippen molar-refractivity contribution >= 4 is 21.5 Å². The molecular weight excluding hydrogens is 368 g/mol. The van der Waals surface area contributed by atoms with Crippen LogP contribution in [-0.2, 0) is 16.7 Å². The van der Waals surface area contributed by atoms with E-state index in [9.17, 15) is 13.0 Å². The topological polar surface area (TPSA) is 74.0 Å². The molecule has 3 rings (SSSR count). The average molecular weight is 389 g/mol. The van der Waals surface area contributed by atoms with Gasteiger partial charge < -0.3 is 4.55 Å². The van der Waals surface area contributed by atoms with E-state index in [0.717, 1.165) is 15.4 Å². The van der Waals surface area contributed by atoms with Crippen LogP contribution >= 0.6 is 11.3 Å². The zero-order chi connectivity index (χ0) is 18.7. The number of benzene rings is 1. The van der Waals surface area contributed by atoms with Gasteiger partial charge in [-0.25, -0.2) is 18.0 Å². The van der Waals surface area contributed by atoms with Crippen LogP contribution in [-0.4, -0.2) is 23.7 Å². The van der Waals surface area contributed by atoms with Crippen molar-refractivity contribution in [2.45, 2.75) is 26.8 Å². The highest BCUT2D eigenvalue weighted by atomic mass is 32.2. The Labute approximate surface area is 157 Å². The fourth-order valence-corrected chi connectivity index (χ4v) is 4.01. The van der Waals surface area contributed by atoms with Crippen LogP contribution in [0.5, 0.6) is 0 Å². The van der Waals surface area contributed by atoms with Crippen LogP contribution in [0.2, 0.25) is 0 Å². The molecule has 0 fully saturated rings. The highest BCUT2D eigenvalue weighted by molar-refractivity contribution is 7.85. The molecule has 0 spiro atoms. The molecule has 0 unspecified atom stereocenters. The van der Waals surface area contributed by atoms with Crippen molar-refractivity contribution in [2.75, 3.05) is 5.75 Å². The van der Waals surface area contributed by atoms with E-state index in [1.54, 1.807) is 11.3 Å². The minimum Gasteiger partial charge on any atom is -0.748 e. The van der Waals surface area contributed by atoms with Gasteiger partial charge in [-0.15, -0.1) is 11.3 Å². The minimum absolute atomic E-state index is 0.310. The highest BCUT2D eigenvalue weighted by Gasteiger charge is 2.10. The Morgan fingerprint density at radius 2 is 1.81 bits per heavy atom. The Morgan fingerprint density at radius 1 is 1.08 bits per heavy atom. The summed E-state index contributed by atoms with van der Waals surface area (Å²) in [5.74, 6) is -0.340. The SMILES string of the molecule is Cc1ccc(-c2cnc(-c3cc[n+](CCCS(=O)(=O)[O-])cc3)s2)cc1C. The van der Waals surface area contributed by atoms with Crippen molar-refractivity contribution in [2.24, 2.45) is 0 Å². The molecule has 1 aromatic carbocycles. The average Bonchev–Trinajstić information content (AvgIpc) is 3.07. The molecule has 0 bridgehead atoms. The van der Waals surface area contributed by atoms with Gasteiger partial charge in [0.1, 0.15) is 11.6 Å². The molecule has 0 atom stereocenters. The van der Waals surface area contributed by atoms with Crippen molar-refractivity contribution < 1.29 is 17.5 Å². The summed E-state index contributed by atoms with van der Waals surface area (Å²) in [7, 11) is -4.15. The van der Waals surface area contributed by atoms with E-state index in [1.165, 1.54) is 16.7 Å². The van der Waals surface area contributed by atoms with Crippen molar-refractivity contribution in [3.05, 3.63) is 60.0 Å². The molecule has 0 amide bonds. The first kappa shape index (κ1) is 18.7. The zero-order valence-electron chi connectivity index (χ0n) is 14.7. The van der Waals surface area contributed by atoms with Gasteiger partial charge in [-0.3, -0.25) is 0 Å². The molecule has 2 heterocycles. The van der Waals surface area contributed by atoms with Crippen molar-refractivity contribution in [1.29, 1.82) is 0 Å². The highest BCUT2D eigenvalue weighted by Crippen LogP contribution is 2.32. The lowest BCUT2D eigenvalue weighted by Crippen LogP contribution is -2.33. The van der Waals surface area contributed by atoms with Crippen LogP contribution in [0.3, 0.4) is 0 Å². The number of nitrogens with zero attached hydrogens (tertiary/aromatic N) is 2. The lowest BCUT2D eigenvalue weighted by Gasteiger charge is -2.04. The Morgan fingerprint density at radius 3 is 2.46 bits per heavy atom. The number of pyridine rings is 1. The van der Waals surface area contributed by atoms with Crippen LogP contribution in [0.4, 0.5) is 0 Å². The second-order valence-corrected chi connectivity index (χ2v) is 8.82. The number of hydrogen-bond donors (Lipinski definition) is 0. The molecule has 2 aromatic heterocycles. The maximum atomic E-state index is 10.6. The number of rotatable bonds is 6. The van der Waals surface area contributed by atoms with Gasteiger partial charge >= 0.3 is 0 Å². The van der Waals surface area contributed by atoms with E-state index in [2.05, 4.69) is 37.0 Å². The normalized spacial score (nSPS) is 11.7. The summed E-state index contributed by atoms with van der Waals surface area (Å²) in [6, 6.07) is 10.3. The van der Waals surface area contributed by atoms with Crippen molar-refractivity contribution in [3.8, 4) is 21.0 Å². The van der Waals surface area contributed by atoms with Crippen LogP contribution in [0.15, 0.2) is 48.9 Å². The van der Waals surface area contributed by atoms with Gasteiger partial charge in [-0.2, -0.15) is 0 Å². The van der Waals surface area contributed by atoms with E-state index in [0.29, 0.717) is 13.0 Å². The monoisotopic (exact) mass is 388 g/mol. The quantitative estimate of drug-likeness (QED) is 0.480. The second kappa shape index (κ2) is 7.65. The third kappa shape index (κ3) is 4.75. The smallest absolute Gasteiger partial charge is 0.169 e. The molecule has 5 nitrogen and oxygen atoms in total. The van der Waals surface area contributed by atoms with Crippen LogP contribution in [0.1, 0.15) is 17.5 Å². The molecule has 136 valence electrons. The van der Waals surface area contributed by atoms with Gasteiger partial charge in [0, 0.05) is 36.1 Å². The lowest BCUT2D eigenvalue weighted by molar-refractivity contribution is -0.696. The van der Waals surface area contributed by atoms with Crippen LogP contribution in [0.25, 0.3) is 21.0 Å². The zero-order valence-corrected chi connectivity index (χ0v) is 16.3. The van der Waals surface area contributed by atoms with E-state index >= 15 is 0 Å². The molecule has 0 radical (unpaired) electrons. The first-order valence-electron chi connectivity index (χ1n) is 8.28. The summed E-state index contributed by atoms with van der Waals surface area (Å²) in [5, 5.41) is 0.938. The third-order valence-electron chi connectivity index (χ3n) is 4.25. The fourth-order valence-electron chi connectivity index (χ4n) is 2.61. The number of thiazole rings is 1. The lowest BCUT2D eigenvalue weighted by atomic mass is 10.1. The standard InChI is InChI=1S/C19H20N2O3S2/c1-14-4-5-17(12-15(14)2)18-13-20-19(25-18)16-6-9-21(10-7-16)8-3-11-26(22,23)24/h4-7,9-10,12-13H,3,8,11H2,1-2H3. The molecule has 0 N–H and O–H groups in total. The molecule has 0 aliphatic heterocycles. The van der Waals surface area contributed by atoms with Crippen molar-refractivity contribution in [3.63, 3.8) is 0 Å². The minimum atomic E-state index is -4.15. The van der Waals surface area contributed by atoms with Crippen LogP contribution < -0.4 is 4.57 Å². The molecule has 0 saturated heterocycles. The summed E-state index contributed by atoms with van der Waals surface area (Å²) in [6.07, 6.45) is 5.96. The predicted molar refractivity (Wildman–Crippen MR) is 102 cm³/mol. The van der Waals surface area contributed by atoms with Gasteiger partial charge in [-0.1, -0.05) is 18.2 Å². The van der Waals surface area contributed by atoms with E-state index < -0.39 is 10.1 Å². The predicted octanol–water partition coefficient (Wildman–Crippen LogP) is 3.32. The molecule has 26 heavy (non-hydrogen) atoms. The van der Waals surface area contributed by atoms with E-state index in [-0.39, 0.29) is 5.75 Å². The Bertz CT molecular complexity index is 1010. The molecule has 0 aliphatic rings. The Hall–Kier alpha value is -2.09. The number of aryl methyl sites for hydroxylation is 3. The molecule has 7 heteroatoms. The summed E-state index contributed by atoms with van der Waals surface area (Å²) < 4.78 is 33.8. The van der Waals surface area contributed by atoms with Gasteiger partial charge in [0.15, 0.2) is 12.4 Å².